The number of azo groups is 1. The van der Waals surface area contributed by atoms with Crippen LogP contribution < -0.4 is 4.90 Å². The fourth-order valence-corrected chi connectivity index (χ4v) is 2.49. The molecule has 1 atom stereocenters. The third kappa shape index (κ3) is 3.67. The SMILES string of the molecule is CN(Cc1ccccc1)c1ccc(N=NC2N(C)[C+]=NN2C)cc1. The monoisotopic (exact) mass is 321 g/mol. The molecular formula is C18H21N6+. The highest BCUT2D eigenvalue weighted by molar-refractivity contribution is 5.56. The predicted molar refractivity (Wildman–Crippen MR) is 96.3 cm³/mol. The van der Waals surface area contributed by atoms with Crippen LogP contribution in [0.1, 0.15) is 5.56 Å². The molecule has 0 amide bonds. The van der Waals surface area contributed by atoms with E-state index in [2.05, 4.69) is 70.0 Å². The average Bonchev–Trinajstić information content (AvgIpc) is 2.92. The van der Waals surface area contributed by atoms with E-state index in [1.165, 1.54) is 5.56 Å². The lowest BCUT2D eigenvalue weighted by Gasteiger charge is -2.19. The number of anilines is 1. The second-order valence-corrected chi connectivity index (χ2v) is 5.80. The summed E-state index contributed by atoms with van der Waals surface area (Å²) in [6.45, 7) is 0.868. The number of hydrogen-bond acceptors (Lipinski definition) is 6. The fourth-order valence-electron chi connectivity index (χ4n) is 2.49. The Hall–Kier alpha value is -2.98. The van der Waals surface area contributed by atoms with Crippen molar-refractivity contribution in [3.63, 3.8) is 0 Å². The van der Waals surface area contributed by atoms with E-state index < -0.39 is 0 Å². The normalized spacial score (nSPS) is 16.7. The molecule has 0 fully saturated rings. The molecule has 0 bridgehead atoms. The van der Waals surface area contributed by atoms with Crippen LogP contribution in [-0.2, 0) is 6.54 Å². The Morgan fingerprint density at radius 3 is 2.42 bits per heavy atom. The molecule has 6 heteroatoms. The zero-order valence-electron chi connectivity index (χ0n) is 14.2. The lowest BCUT2D eigenvalue weighted by Crippen LogP contribution is -2.32. The molecule has 122 valence electrons. The van der Waals surface area contributed by atoms with Crippen LogP contribution in [0.25, 0.3) is 0 Å². The third-order valence-corrected chi connectivity index (χ3v) is 3.87. The van der Waals surface area contributed by atoms with Crippen molar-refractivity contribution in [2.75, 3.05) is 26.0 Å². The maximum Gasteiger partial charge on any atom is 0.546 e. The highest BCUT2D eigenvalue weighted by Crippen LogP contribution is 2.21. The summed E-state index contributed by atoms with van der Waals surface area (Å²) < 4.78 is 0. The van der Waals surface area contributed by atoms with Crippen molar-refractivity contribution in [3.8, 4) is 0 Å². The molecule has 0 spiro atoms. The summed E-state index contributed by atoms with van der Waals surface area (Å²) in [7, 11) is 5.80. The Bertz CT molecular complexity index is 698. The zero-order chi connectivity index (χ0) is 16.9. The summed E-state index contributed by atoms with van der Waals surface area (Å²) in [4.78, 5) is 3.99. The molecule has 3 rings (SSSR count). The molecule has 1 aliphatic rings. The van der Waals surface area contributed by atoms with Crippen LogP contribution in [0.2, 0.25) is 0 Å². The van der Waals surface area contributed by atoms with Gasteiger partial charge in [-0.1, -0.05) is 30.3 Å². The number of benzene rings is 2. The van der Waals surface area contributed by atoms with Gasteiger partial charge < -0.3 is 4.90 Å². The molecule has 1 aliphatic heterocycles. The van der Waals surface area contributed by atoms with E-state index in [0.29, 0.717) is 0 Å². The van der Waals surface area contributed by atoms with E-state index in [1.54, 1.807) is 9.91 Å². The van der Waals surface area contributed by atoms with Gasteiger partial charge in [0.15, 0.2) is 0 Å². The summed E-state index contributed by atoms with van der Waals surface area (Å²) in [5, 5.41) is 14.4. The Morgan fingerprint density at radius 2 is 1.79 bits per heavy atom. The average molecular weight is 321 g/mol. The van der Waals surface area contributed by atoms with Crippen molar-refractivity contribution in [2.24, 2.45) is 15.3 Å². The summed E-state index contributed by atoms with van der Waals surface area (Å²) in [5.74, 6) is 0. The first kappa shape index (κ1) is 15.9. The summed E-state index contributed by atoms with van der Waals surface area (Å²) >= 11 is 0. The maximum absolute atomic E-state index is 4.30. The topological polar surface area (TPSA) is 46.8 Å². The van der Waals surface area contributed by atoms with Gasteiger partial charge in [-0.15, -0.1) is 10.0 Å². The molecule has 0 radical (unpaired) electrons. The Balaban J connectivity index is 1.63. The van der Waals surface area contributed by atoms with Gasteiger partial charge in [-0.3, -0.25) is 0 Å². The highest BCUT2D eigenvalue weighted by atomic mass is 15.6. The molecule has 0 aromatic heterocycles. The Labute approximate surface area is 142 Å². The molecule has 1 unspecified atom stereocenters. The summed E-state index contributed by atoms with van der Waals surface area (Å²) in [6.07, 6.45) is 2.60. The van der Waals surface area contributed by atoms with Crippen molar-refractivity contribution in [1.82, 2.24) is 9.91 Å². The van der Waals surface area contributed by atoms with Crippen molar-refractivity contribution < 1.29 is 0 Å². The molecule has 0 saturated heterocycles. The van der Waals surface area contributed by atoms with Crippen LogP contribution in [0.15, 0.2) is 69.9 Å². The van der Waals surface area contributed by atoms with E-state index in [0.717, 1.165) is 17.9 Å². The van der Waals surface area contributed by atoms with Gasteiger partial charge in [0, 0.05) is 26.3 Å². The lowest BCUT2D eigenvalue weighted by molar-refractivity contribution is 0.183. The molecule has 2 aromatic rings. The van der Waals surface area contributed by atoms with Gasteiger partial charge in [-0.05, 0) is 29.8 Å². The van der Waals surface area contributed by atoms with Gasteiger partial charge in [0.05, 0.1) is 12.7 Å². The fraction of sp³-hybridized carbons (Fsp3) is 0.278. The van der Waals surface area contributed by atoms with Crippen molar-refractivity contribution >= 4 is 17.7 Å². The molecule has 6 nitrogen and oxygen atoms in total. The van der Waals surface area contributed by atoms with Crippen LogP contribution in [0.4, 0.5) is 11.4 Å². The van der Waals surface area contributed by atoms with Crippen LogP contribution in [0, 0.1) is 0 Å². The second kappa shape index (κ2) is 7.06. The van der Waals surface area contributed by atoms with Gasteiger partial charge in [0.1, 0.15) is 5.10 Å². The highest BCUT2D eigenvalue weighted by Gasteiger charge is 2.34. The van der Waals surface area contributed by atoms with Crippen LogP contribution >= 0.6 is 0 Å². The predicted octanol–water partition coefficient (Wildman–Crippen LogP) is 3.39. The van der Waals surface area contributed by atoms with Gasteiger partial charge in [-0.25, -0.2) is 5.01 Å². The largest absolute Gasteiger partial charge is 0.546 e. The maximum atomic E-state index is 4.30. The van der Waals surface area contributed by atoms with Crippen molar-refractivity contribution in [2.45, 2.75) is 12.8 Å². The molecule has 0 aliphatic carbocycles. The number of rotatable bonds is 5. The summed E-state index contributed by atoms with van der Waals surface area (Å²) in [5.41, 5.74) is 3.25. The minimum atomic E-state index is -0.231. The van der Waals surface area contributed by atoms with Gasteiger partial charge in [0.2, 0.25) is 0 Å². The zero-order valence-corrected chi connectivity index (χ0v) is 14.2. The first-order valence-corrected chi connectivity index (χ1v) is 7.81. The quantitative estimate of drug-likeness (QED) is 0.626. The van der Waals surface area contributed by atoms with E-state index in [-0.39, 0.29) is 6.29 Å². The molecular weight excluding hydrogens is 300 g/mol. The van der Waals surface area contributed by atoms with E-state index >= 15 is 0 Å². The molecule has 0 saturated carbocycles. The number of nitrogens with zero attached hydrogens (tertiary/aromatic N) is 6. The van der Waals surface area contributed by atoms with Gasteiger partial charge in [-0.2, -0.15) is 5.11 Å². The molecule has 24 heavy (non-hydrogen) atoms. The van der Waals surface area contributed by atoms with Gasteiger partial charge >= 0.3 is 6.34 Å². The van der Waals surface area contributed by atoms with Crippen molar-refractivity contribution in [1.29, 1.82) is 0 Å². The Kier molecular flexibility index (Phi) is 4.68. The smallest absolute Gasteiger partial charge is 0.370 e. The van der Waals surface area contributed by atoms with E-state index in [9.17, 15) is 0 Å². The van der Waals surface area contributed by atoms with E-state index in [1.807, 2.05) is 32.3 Å². The van der Waals surface area contributed by atoms with Crippen molar-refractivity contribution in [3.05, 3.63) is 60.2 Å². The summed E-state index contributed by atoms with van der Waals surface area (Å²) in [6, 6.07) is 18.5. The lowest BCUT2D eigenvalue weighted by atomic mass is 10.2. The molecule has 2 aromatic carbocycles. The molecule has 1 heterocycles. The Morgan fingerprint density at radius 1 is 1.08 bits per heavy atom. The van der Waals surface area contributed by atoms with Crippen LogP contribution in [0.5, 0.6) is 0 Å². The van der Waals surface area contributed by atoms with Gasteiger partial charge in [0.25, 0.3) is 6.29 Å². The third-order valence-electron chi connectivity index (χ3n) is 3.87. The minimum absolute atomic E-state index is 0.231. The van der Waals surface area contributed by atoms with Crippen LogP contribution in [-0.4, -0.2) is 43.7 Å². The number of hydrazone groups is 1. The molecule has 0 N–H and O–H groups in total. The second-order valence-electron chi connectivity index (χ2n) is 5.80. The number of hydrogen-bond donors (Lipinski definition) is 0. The van der Waals surface area contributed by atoms with E-state index in [4.69, 9.17) is 0 Å². The van der Waals surface area contributed by atoms with Crippen LogP contribution in [0.3, 0.4) is 0 Å². The first-order valence-electron chi connectivity index (χ1n) is 7.81. The first-order chi connectivity index (χ1) is 11.6. The standard InChI is InChI=1S/C18H21N6/c1-22(13-15-7-5-4-6-8-15)17-11-9-16(10-12-17)20-21-18-23(2)14-19-24(18)3/h4-12,18H,13H2,1-3H3/q+1. The minimum Gasteiger partial charge on any atom is -0.370 e.